The summed E-state index contributed by atoms with van der Waals surface area (Å²) < 4.78 is 34.9. The van der Waals surface area contributed by atoms with Crippen molar-refractivity contribution in [1.82, 2.24) is 0 Å². The monoisotopic (exact) mass is 992 g/mol. The topological polar surface area (TPSA) is 94.1 Å². The second-order valence-electron chi connectivity index (χ2n) is 21.0. The van der Waals surface area contributed by atoms with E-state index in [-0.39, 0.29) is 25.8 Å². The molecule has 0 amide bonds. The molecule has 0 radical (unpaired) electrons. The Hall–Kier alpha value is -1.54. The van der Waals surface area contributed by atoms with Gasteiger partial charge in [-0.15, -0.1) is 0 Å². The predicted octanol–water partition coefficient (Wildman–Crippen LogP) is 18.0. The van der Waals surface area contributed by atoms with E-state index in [1.54, 1.807) is 0 Å². The van der Waals surface area contributed by atoms with E-state index in [1.165, 1.54) is 205 Å². The van der Waals surface area contributed by atoms with E-state index in [0.29, 0.717) is 24.1 Å². The van der Waals surface area contributed by atoms with E-state index < -0.39 is 13.9 Å². The number of rotatable bonds is 55. The van der Waals surface area contributed by atoms with E-state index in [9.17, 15) is 14.3 Å². The van der Waals surface area contributed by atoms with Crippen LogP contribution in [0.15, 0.2) is 48.6 Å². The lowest BCUT2D eigenvalue weighted by Crippen LogP contribution is -2.37. The maximum Gasteiger partial charge on any atom is 0.306 e. The first-order valence-electron chi connectivity index (χ1n) is 29.4. The number of phosphoric acid groups is 1. The molecule has 0 aliphatic carbocycles. The second kappa shape index (κ2) is 52.8. The van der Waals surface area contributed by atoms with Gasteiger partial charge in [0.1, 0.15) is 19.3 Å². The molecule has 406 valence electrons. The van der Waals surface area contributed by atoms with Crippen molar-refractivity contribution in [2.45, 2.75) is 277 Å². The van der Waals surface area contributed by atoms with Crippen molar-refractivity contribution in [2.75, 3.05) is 54.1 Å². The number of likely N-dealkylation sites (N-methyl/N-ethyl adjacent to an activating group) is 1. The van der Waals surface area contributed by atoms with Crippen LogP contribution in [0.5, 0.6) is 0 Å². The fourth-order valence-corrected chi connectivity index (χ4v) is 9.04. The van der Waals surface area contributed by atoms with Gasteiger partial charge in [0, 0.05) is 13.0 Å². The first-order valence-corrected chi connectivity index (χ1v) is 30.8. The molecule has 0 aromatic carbocycles. The van der Waals surface area contributed by atoms with Crippen LogP contribution >= 0.6 is 7.82 Å². The molecule has 0 aromatic rings. The van der Waals surface area contributed by atoms with Crippen LogP contribution in [0.1, 0.15) is 271 Å². The van der Waals surface area contributed by atoms with E-state index in [1.807, 2.05) is 21.1 Å². The number of carbonyl (C=O) groups excluding carboxylic acids is 1. The van der Waals surface area contributed by atoms with Gasteiger partial charge in [-0.1, -0.05) is 236 Å². The fourth-order valence-electron chi connectivity index (χ4n) is 8.32. The minimum absolute atomic E-state index is 0.0247. The van der Waals surface area contributed by atoms with Gasteiger partial charge in [-0.3, -0.25) is 9.36 Å². The summed E-state index contributed by atoms with van der Waals surface area (Å²) in [4.78, 5) is 25.3. The minimum Gasteiger partial charge on any atom is -0.756 e. The molecule has 9 heteroatoms. The van der Waals surface area contributed by atoms with Gasteiger partial charge < -0.3 is 27.9 Å². The SMILES string of the molecule is CCCCCCC/C=C\C/C=C\C/C=C\CCCCCCCCCCCCC(=O)OC(COCCCCCCCCCCCC/C=C\CCCCCCCCCC)COP(=O)([O-])OCC[N+](C)(C)C. The maximum absolute atomic E-state index is 12.8. The zero-order chi connectivity index (χ0) is 50.5. The molecule has 0 saturated heterocycles. The number of hydrogen-bond donors (Lipinski definition) is 0. The van der Waals surface area contributed by atoms with Crippen LogP contribution in [0, 0.1) is 0 Å². The maximum atomic E-state index is 12.8. The van der Waals surface area contributed by atoms with E-state index in [0.717, 1.165) is 44.9 Å². The Morgan fingerprint density at radius 2 is 0.797 bits per heavy atom. The fraction of sp³-hybridized carbons (Fsp3) is 0.850. The Bertz CT molecular complexity index is 1240. The van der Waals surface area contributed by atoms with Crippen molar-refractivity contribution in [3.8, 4) is 0 Å². The Kier molecular flexibility index (Phi) is 51.6. The third-order valence-corrected chi connectivity index (χ3v) is 13.8. The molecule has 0 fully saturated rings. The molecule has 0 aliphatic rings. The summed E-state index contributed by atoms with van der Waals surface area (Å²) in [5.41, 5.74) is 0. The molecule has 0 heterocycles. The van der Waals surface area contributed by atoms with Gasteiger partial charge in [0.25, 0.3) is 7.82 Å². The summed E-state index contributed by atoms with van der Waals surface area (Å²) in [5, 5.41) is 0. The number of quaternary nitrogens is 1. The molecule has 8 nitrogen and oxygen atoms in total. The van der Waals surface area contributed by atoms with Gasteiger partial charge in [0.15, 0.2) is 0 Å². The van der Waals surface area contributed by atoms with Gasteiger partial charge in [0.2, 0.25) is 0 Å². The summed E-state index contributed by atoms with van der Waals surface area (Å²) in [5.74, 6) is -0.335. The van der Waals surface area contributed by atoms with Gasteiger partial charge in [-0.25, -0.2) is 0 Å². The molecule has 0 saturated carbocycles. The molecule has 0 aliphatic heterocycles. The number of allylic oxidation sites excluding steroid dienone is 8. The normalized spacial score (nSPS) is 13.8. The highest BCUT2D eigenvalue weighted by molar-refractivity contribution is 7.45. The standard InChI is InChI=1S/C60H114NO7P/c1-6-8-10-12-14-16-18-20-22-24-26-28-30-31-32-33-35-37-39-41-43-45-47-49-51-53-60(62)68-59(58-67-69(63,64)66-56-54-61(3,4)5)57-65-55-52-50-48-46-44-42-40-38-36-34-29-27-25-23-21-19-17-15-13-11-9-7-2/h18,20,24-27,30-31,59H,6-17,19,21-23,28-29,32-58H2,1-5H3/b20-18-,26-24-,27-25-,31-30-. The average molecular weight is 993 g/mol. The molecular weight excluding hydrogens is 878 g/mol. The van der Waals surface area contributed by atoms with Crippen molar-refractivity contribution in [2.24, 2.45) is 0 Å². The largest absolute Gasteiger partial charge is 0.756 e. The molecular formula is C60H114NO7P. The number of hydrogen-bond acceptors (Lipinski definition) is 7. The predicted molar refractivity (Wildman–Crippen MR) is 296 cm³/mol. The van der Waals surface area contributed by atoms with Gasteiger partial charge in [-0.2, -0.15) is 0 Å². The zero-order valence-corrected chi connectivity index (χ0v) is 47.2. The van der Waals surface area contributed by atoms with E-state index >= 15 is 0 Å². The molecule has 0 bridgehead atoms. The smallest absolute Gasteiger partial charge is 0.306 e. The molecule has 69 heavy (non-hydrogen) atoms. The second-order valence-corrected chi connectivity index (χ2v) is 22.4. The Morgan fingerprint density at radius 3 is 1.20 bits per heavy atom. The van der Waals surface area contributed by atoms with Gasteiger partial charge >= 0.3 is 5.97 Å². The highest BCUT2D eigenvalue weighted by Gasteiger charge is 2.20. The molecule has 2 unspecified atom stereocenters. The minimum atomic E-state index is -4.54. The molecule has 2 atom stereocenters. The third-order valence-electron chi connectivity index (χ3n) is 12.9. The number of carbonyl (C=O) groups is 1. The van der Waals surface area contributed by atoms with Crippen molar-refractivity contribution in [3.05, 3.63) is 48.6 Å². The van der Waals surface area contributed by atoms with Crippen LogP contribution in [-0.2, 0) is 27.9 Å². The van der Waals surface area contributed by atoms with Crippen LogP contribution in [0.4, 0.5) is 0 Å². The number of esters is 1. The third kappa shape index (κ3) is 57.2. The number of phosphoric ester groups is 1. The van der Waals surface area contributed by atoms with Crippen LogP contribution in [0.3, 0.4) is 0 Å². The molecule has 0 rings (SSSR count). The van der Waals surface area contributed by atoms with Crippen molar-refractivity contribution in [1.29, 1.82) is 0 Å². The van der Waals surface area contributed by atoms with Crippen molar-refractivity contribution < 1.29 is 37.3 Å². The Balaban J connectivity index is 4.08. The highest BCUT2D eigenvalue weighted by atomic mass is 31.2. The summed E-state index contributed by atoms with van der Waals surface area (Å²) in [6, 6.07) is 0. The average Bonchev–Trinajstić information content (AvgIpc) is 3.31. The summed E-state index contributed by atoms with van der Waals surface area (Å²) in [6.45, 7) is 5.43. The van der Waals surface area contributed by atoms with E-state index in [4.69, 9.17) is 18.5 Å². The summed E-state index contributed by atoms with van der Waals surface area (Å²) in [7, 11) is 1.36. The first-order chi connectivity index (χ1) is 33.6. The van der Waals surface area contributed by atoms with Crippen molar-refractivity contribution >= 4 is 13.8 Å². The van der Waals surface area contributed by atoms with Crippen LogP contribution in [0.2, 0.25) is 0 Å². The first kappa shape index (κ1) is 67.5. The molecule has 0 N–H and O–H groups in total. The van der Waals surface area contributed by atoms with Crippen LogP contribution in [-0.4, -0.2) is 70.7 Å². The van der Waals surface area contributed by atoms with E-state index in [2.05, 4.69) is 62.5 Å². The summed E-state index contributed by atoms with van der Waals surface area (Å²) in [6.07, 6.45) is 67.2. The lowest BCUT2D eigenvalue weighted by molar-refractivity contribution is -0.870. The number of ether oxygens (including phenoxy) is 2. The molecule has 0 aromatic heterocycles. The Morgan fingerprint density at radius 1 is 0.449 bits per heavy atom. The molecule has 0 spiro atoms. The van der Waals surface area contributed by atoms with Gasteiger partial charge in [-0.05, 0) is 77.0 Å². The van der Waals surface area contributed by atoms with Crippen LogP contribution < -0.4 is 4.89 Å². The zero-order valence-electron chi connectivity index (χ0n) is 46.3. The number of unbranched alkanes of at least 4 members (excludes halogenated alkanes) is 33. The lowest BCUT2D eigenvalue weighted by atomic mass is 10.0. The highest BCUT2D eigenvalue weighted by Crippen LogP contribution is 2.38. The summed E-state index contributed by atoms with van der Waals surface area (Å²) >= 11 is 0. The quantitative estimate of drug-likeness (QED) is 0.0197. The van der Waals surface area contributed by atoms with Gasteiger partial charge in [0.05, 0.1) is 34.4 Å². The lowest BCUT2D eigenvalue weighted by Gasteiger charge is -2.28. The van der Waals surface area contributed by atoms with Crippen molar-refractivity contribution in [3.63, 3.8) is 0 Å². The number of nitrogens with zero attached hydrogens (tertiary/aromatic N) is 1. The van der Waals surface area contributed by atoms with Crippen LogP contribution in [0.25, 0.3) is 0 Å². The Labute approximate surface area is 428 Å².